The predicted octanol–water partition coefficient (Wildman–Crippen LogP) is 2.43. The lowest BCUT2D eigenvalue weighted by molar-refractivity contribution is 0.112. The highest BCUT2D eigenvalue weighted by Crippen LogP contribution is 2.19. The van der Waals surface area contributed by atoms with Gasteiger partial charge in [0.25, 0.3) is 0 Å². The number of carbonyl (C=O) groups excluding carboxylic acids is 1. The van der Waals surface area contributed by atoms with Gasteiger partial charge in [0, 0.05) is 42.5 Å². The molecule has 4 nitrogen and oxygen atoms in total. The van der Waals surface area contributed by atoms with Gasteiger partial charge in [-0.15, -0.1) is 0 Å². The smallest absolute Gasteiger partial charge is 0.150 e. The topological polar surface area (TPSA) is 39.8 Å². The number of hydrogen-bond acceptors (Lipinski definition) is 2. The zero-order valence-corrected chi connectivity index (χ0v) is 10.8. The second-order valence-corrected chi connectivity index (χ2v) is 4.68. The number of fused-ring (bicyclic) bond motifs is 1. The average molecular weight is 253 g/mol. The van der Waals surface area contributed by atoms with Crippen molar-refractivity contribution < 1.29 is 4.79 Å². The maximum absolute atomic E-state index is 11.0. The van der Waals surface area contributed by atoms with Crippen molar-refractivity contribution in [1.29, 1.82) is 0 Å². The minimum Gasteiger partial charge on any atom is -0.347 e. The summed E-state index contributed by atoms with van der Waals surface area (Å²) in [4.78, 5) is 11.0. The number of aryl methyl sites for hydroxylation is 3. The van der Waals surface area contributed by atoms with E-state index in [2.05, 4.69) is 9.67 Å². The molecule has 0 spiro atoms. The second-order valence-electron chi connectivity index (χ2n) is 4.68. The van der Waals surface area contributed by atoms with Crippen molar-refractivity contribution in [2.75, 3.05) is 0 Å². The highest BCUT2D eigenvalue weighted by Gasteiger charge is 2.05. The quantitative estimate of drug-likeness (QED) is 0.670. The molecule has 96 valence electrons. The Bertz CT molecular complexity index is 724. The molecule has 0 atom stereocenters. The van der Waals surface area contributed by atoms with Crippen molar-refractivity contribution in [3.63, 3.8) is 0 Å². The molecular formula is C15H15N3O. The second kappa shape index (κ2) is 4.72. The van der Waals surface area contributed by atoms with Crippen molar-refractivity contribution in [1.82, 2.24) is 14.3 Å². The van der Waals surface area contributed by atoms with Crippen LogP contribution in [0, 0.1) is 0 Å². The van der Waals surface area contributed by atoms with Crippen LogP contribution in [0.2, 0.25) is 0 Å². The number of aldehydes is 1. The first kappa shape index (κ1) is 11.7. The maximum Gasteiger partial charge on any atom is 0.150 e. The van der Waals surface area contributed by atoms with E-state index in [0.717, 1.165) is 35.7 Å². The largest absolute Gasteiger partial charge is 0.347 e. The van der Waals surface area contributed by atoms with Gasteiger partial charge in [-0.2, -0.15) is 5.10 Å². The van der Waals surface area contributed by atoms with Crippen LogP contribution in [0.4, 0.5) is 0 Å². The third-order valence-corrected chi connectivity index (χ3v) is 3.37. The summed E-state index contributed by atoms with van der Waals surface area (Å²) in [5, 5.41) is 5.18. The molecule has 0 radical (unpaired) electrons. The zero-order valence-electron chi connectivity index (χ0n) is 10.8. The Morgan fingerprint density at radius 3 is 2.95 bits per heavy atom. The Balaban J connectivity index is 1.87. The lowest BCUT2D eigenvalue weighted by atomic mass is 10.1. The van der Waals surface area contributed by atoms with E-state index in [0.29, 0.717) is 0 Å². The summed E-state index contributed by atoms with van der Waals surface area (Å²) >= 11 is 0. The first-order valence-electron chi connectivity index (χ1n) is 6.28. The van der Waals surface area contributed by atoms with Crippen LogP contribution < -0.4 is 0 Å². The molecule has 1 aromatic carbocycles. The molecule has 3 rings (SSSR count). The molecule has 0 aliphatic heterocycles. The highest BCUT2D eigenvalue weighted by molar-refractivity contribution is 5.97. The van der Waals surface area contributed by atoms with E-state index in [-0.39, 0.29) is 0 Å². The van der Waals surface area contributed by atoms with Crippen LogP contribution >= 0.6 is 0 Å². The number of carbonyl (C=O) groups is 1. The van der Waals surface area contributed by atoms with Crippen LogP contribution in [-0.4, -0.2) is 20.6 Å². The van der Waals surface area contributed by atoms with E-state index < -0.39 is 0 Å². The van der Waals surface area contributed by atoms with Gasteiger partial charge in [-0.3, -0.25) is 9.48 Å². The van der Waals surface area contributed by atoms with Crippen LogP contribution in [0.15, 0.2) is 42.9 Å². The Morgan fingerprint density at radius 1 is 1.32 bits per heavy atom. The normalized spacial score (nSPS) is 11.0. The summed E-state index contributed by atoms with van der Waals surface area (Å²) in [6, 6.07) is 7.82. The molecule has 19 heavy (non-hydrogen) atoms. The number of benzene rings is 1. The zero-order chi connectivity index (χ0) is 13.2. The van der Waals surface area contributed by atoms with E-state index >= 15 is 0 Å². The lowest BCUT2D eigenvalue weighted by Gasteiger charge is -2.04. The Labute approximate surface area is 111 Å². The molecule has 0 unspecified atom stereocenters. The van der Waals surface area contributed by atoms with E-state index in [1.165, 1.54) is 5.56 Å². The van der Waals surface area contributed by atoms with Gasteiger partial charge < -0.3 is 4.57 Å². The van der Waals surface area contributed by atoms with Crippen molar-refractivity contribution >= 4 is 17.2 Å². The highest BCUT2D eigenvalue weighted by atomic mass is 16.1. The summed E-state index contributed by atoms with van der Waals surface area (Å²) < 4.78 is 3.99. The fourth-order valence-corrected chi connectivity index (χ4v) is 2.40. The van der Waals surface area contributed by atoms with Crippen LogP contribution in [-0.2, 0) is 20.0 Å². The van der Waals surface area contributed by atoms with Crippen molar-refractivity contribution in [2.45, 2.75) is 13.0 Å². The average Bonchev–Trinajstić information content (AvgIpc) is 3.02. The van der Waals surface area contributed by atoms with Gasteiger partial charge in [0.05, 0.1) is 6.20 Å². The minimum atomic E-state index is 0.748. The fraction of sp³-hybridized carbons (Fsp3) is 0.200. The molecule has 0 amide bonds. The third-order valence-electron chi connectivity index (χ3n) is 3.37. The molecule has 0 saturated heterocycles. The third kappa shape index (κ3) is 2.17. The van der Waals surface area contributed by atoms with E-state index in [4.69, 9.17) is 0 Å². The van der Waals surface area contributed by atoms with Crippen molar-refractivity contribution in [2.24, 2.45) is 7.05 Å². The predicted molar refractivity (Wildman–Crippen MR) is 74.2 cm³/mol. The minimum absolute atomic E-state index is 0.748. The molecule has 2 heterocycles. The number of rotatable bonds is 4. The van der Waals surface area contributed by atoms with Gasteiger partial charge >= 0.3 is 0 Å². The van der Waals surface area contributed by atoms with E-state index in [1.54, 1.807) is 0 Å². The molecule has 3 aromatic rings. The summed E-state index contributed by atoms with van der Waals surface area (Å²) in [5.74, 6) is 0. The van der Waals surface area contributed by atoms with Gasteiger partial charge in [-0.05, 0) is 24.1 Å². The van der Waals surface area contributed by atoms with Gasteiger partial charge in [0.15, 0.2) is 6.29 Å². The lowest BCUT2D eigenvalue weighted by Crippen LogP contribution is -1.99. The van der Waals surface area contributed by atoms with Crippen LogP contribution in [0.25, 0.3) is 10.9 Å². The summed E-state index contributed by atoms with van der Waals surface area (Å²) in [6.45, 7) is 0.886. The monoisotopic (exact) mass is 253 g/mol. The number of aromatic nitrogens is 3. The summed E-state index contributed by atoms with van der Waals surface area (Å²) in [7, 11) is 1.92. The molecule has 0 aliphatic carbocycles. The van der Waals surface area contributed by atoms with Gasteiger partial charge in [0.2, 0.25) is 0 Å². The maximum atomic E-state index is 11.0. The molecular weight excluding hydrogens is 238 g/mol. The molecule has 0 saturated carbocycles. The first-order valence-corrected chi connectivity index (χ1v) is 6.28. The molecule has 4 heteroatoms. The van der Waals surface area contributed by atoms with Crippen molar-refractivity contribution in [3.05, 3.63) is 54.0 Å². The molecule has 0 N–H and O–H groups in total. The summed E-state index contributed by atoms with van der Waals surface area (Å²) in [5.41, 5.74) is 3.07. The van der Waals surface area contributed by atoms with E-state index in [9.17, 15) is 4.79 Å². The van der Waals surface area contributed by atoms with Gasteiger partial charge in [0.1, 0.15) is 0 Å². The molecule has 2 aromatic heterocycles. The van der Waals surface area contributed by atoms with Gasteiger partial charge in [-0.1, -0.05) is 12.1 Å². The van der Waals surface area contributed by atoms with Crippen LogP contribution in [0.5, 0.6) is 0 Å². The Kier molecular flexibility index (Phi) is 2.91. The Morgan fingerprint density at radius 2 is 2.21 bits per heavy atom. The van der Waals surface area contributed by atoms with E-state index in [1.807, 2.05) is 54.6 Å². The SMILES string of the molecule is Cn1cc(CCn2ccc3c(C=O)cccc32)cn1. The molecule has 0 fully saturated rings. The van der Waals surface area contributed by atoms with Gasteiger partial charge in [-0.25, -0.2) is 0 Å². The standard InChI is InChI=1S/C15H15N3O/c1-17-10-12(9-16-17)5-7-18-8-6-14-13(11-19)3-2-4-15(14)18/h2-4,6,8-11H,5,7H2,1H3. The van der Waals surface area contributed by atoms with Crippen LogP contribution in [0.1, 0.15) is 15.9 Å². The molecule has 0 bridgehead atoms. The number of nitrogens with zero attached hydrogens (tertiary/aromatic N) is 3. The Hall–Kier alpha value is -2.36. The van der Waals surface area contributed by atoms with Crippen LogP contribution in [0.3, 0.4) is 0 Å². The summed E-state index contributed by atoms with van der Waals surface area (Å²) in [6.07, 6.45) is 7.80. The fourth-order valence-electron chi connectivity index (χ4n) is 2.40. The van der Waals surface area contributed by atoms with Crippen molar-refractivity contribution in [3.8, 4) is 0 Å². The number of hydrogen-bond donors (Lipinski definition) is 0. The molecule has 0 aliphatic rings. The first-order chi connectivity index (χ1) is 9.28.